The molecule has 0 aromatic carbocycles. The number of nitrogens with one attached hydrogen (secondary N) is 1. The summed E-state index contributed by atoms with van der Waals surface area (Å²) in [5, 5.41) is 7.62. The van der Waals surface area contributed by atoms with Gasteiger partial charge in [-0.3, -0.25) is 4.79 Å². The van der Waals surface area contributed by atoms with Gasteiger partial charge in [0, 0.05) is 18.3 Å². The number of aromatic amines is 1. The van der Waals surface area contributed by atoms with Crippen molar-refractivity contribution in [3.63, 3.8) is 0 Å². The molecule has 2 rings (SSSR count). The second kappa shape index (κ2) is 3.87. The second-order valence-electron chi connectivity index (χ2n) is 2.74. The van der Waals surface area contributed by atoms with Gasteiger partial charge in [-0.1, -0.05) is 0 Å². The maximum Gasteiger partial charge on any atom is 0.251 e. The third-order valence-electron chi connectivity index (χ3n) is 1.76. The summed E-state index contributed by atoms with van der Waals surface area (Å²) in [4.78, 5) is 17.5. The van der Waals surface area contributed by atoms with E-state index in [1.54, 1.807) is 12.1 Å². The molecule has 1 N–H and O–H groups in total. The van der Waals surface area contributed by atoms with E-state index in [4.69, 9.17) is 4.74 Å². The standard InChI is InChI=1S/C9H8N4O2/c1-15-8-3-2-6(12-13-8)9-10-5-4-7(14)11-9/h2-5H,1H3,(H,10,11,14). The Bertz CT molecular complexity index is 506. The molecule has 0 saturated carbocycles. The van der Waals surface area contributed by atoms with Gasteiger partial charge < -0.3 is 9.72 Å². The van der Waals surface area contributed by atoms with Crippen molar-refractivity contribution < 1.29 is 4.74 Å². The second-order valence-corrected chi connectivity index (χ2v) is 2.74. The van der Waals surface area contributed by atoms with Crippen LogP contribution in [0.2, 0.25) is 0 Å². The molecular formula is C9H8N4O2. The topological polar surface area (TPSA) is 80.8 Å². The van der Waals surface area contributed by atoms with Crippen molar-refractivity contribution in [2.24, 2.45) is 0 Å². The normalized spacial score (nSPS) is 9.93. The van der Waals surface area contributed by atoms with Crippen molar-refractivity contribution in [3.05, 3.63) is 34.7 Å². The summed E-state index contributed by atoms with van der Waals surface area (Å²) in [6.45, 7) is 0. The van der Waals surface area contributed by atoms with E-state index in [1.807, 2.05) is 0 Å². The monoisotopic (exact) mass is 204 g/mol. The van der Waals surface area contributed by atoms with E-state index in [-0.39, 0.29) is 5.56 Å². The van der Waals surface area contributed by atoms with E-state index in [0.717, 1.165) is 0 Å². The minimum atomic E-state index is -0.224. The Morgan fingerprint density at radius 3 is 2.73 bits per heavy atom. The van der Waals surface area contributed by atoms with Crippen molar-refractivity contribution in [2.75, 3.05) is 7.11 Å². The highest BCUT2D eigenvalue weighted by atomic mass is 16.5. The first-order chi connectivity index (χ1) is 7.29. The van der Waals surface area contributed by atoms with Crippen molar-refractivity contribution >= 4 is 0 Å². The Morgan fingerprint density at radius 1 is 1.27 bits per heavy atom. The first-order valence-corrected chi connectivity index (χ1v) is 4.23. The Morgan fingerprint density at radius 2 is 2.13 bits per heavy atom. The molecule has 2 aromatic rings. The summed E-state index contributed by atoms with van der Waals surface area (Å²) in [6.07, 6.45) is 1.42. The number of methoxy groups -OCH3 is 1. The Balaban J connectivity index is 2.41. The molecule has 0 aliphatic rings. The van der Waals surface area contributed by atoms with Crippen molar-refractivity contribution in [3.8, 4) is 17.4 Å². The van der Waals surface area contributed by atoms with Gasteiger partial charge >= 0.3 is 0 Å². The van der Waals surface area contributed by atoms with E-state index < -0.39 is 0 Å². The molecular weight excluding hydrogens is 196 g/mol. The molecule has 0 radical (unpaired) electrons. The third-order valence-corrected chi connectivity index (χ3v) is 1.76. The van der Waals surface area contributed by atoms with Crippen LogP contribution in [0.5, 0.6) is 5.88 Å². The van der Waals surface area contributed by atoms with Crippen molar-refractivity contribution in [1.29, 1.82) is 0 Å². The number of H-pyrrole nitrogens is 1. The number of rotatable bonds is 2. The zero-order chi connectivity index (χ0) is 10.7. The van der Waals surface area contributed by atoms with Crippen LogP contribution in [0.4, 0.5) is 0 Å². The molecule has 76 valence electrons. The lowest BCUT2D eigenvalue weighted by atomic mass is 10.3. The Hall–Kier alpha value is -2.24. The lowest BCUT2D eigenvalue weighted by Gasteiger charge is -1.99. The van der Waals surface area contributed by atoms with Crippen LogP contribution in [0.25, 0.3) is 11.5 Å². The minimum Gasteiger partial charge on any atom is -0.480 e. The van der Waals surface area contributed by atoms with Gasteiger partial charge in [0.25, 0.3) is 5.56 Å². The van der Waals surface area contributed by atoms with E-state index in [9.17, 15) is 4.79 Å². The predicted octanol–water partition coefficient (Wildman–Crippen LogP) is 0.235. The summed E-state index contributed by atoms with van der Waals surface area (Å²) < 4.78 is 4.86. The zero-order valence-corrected chi connectivity index (χ0v) is 7.97. The van der Waals surface area contributed by atoms with Crippen LogP contribution in [-0.4, -0.2) is 27.3 Å². The van der Waals surface area contributed by atoms with Crippen LogP contribution in [0.1, 0.15) is 0 Å². The largest absolute Gasteiger partial charge is 0.480 e. The van der Waals surface area contributed by atoms with E-state index in [2.05, 4.69) is 20.2 Å². The molecule has 6 heteroatoms. The average molecular weight is 204 g/mol. The fraction of sp³-hybridized carbons (Fsp3) is 0.111. The number of nitrogens with zero attached hydrogens (tertiary/aromatic N) is 3. The highest BCUT2D eigenvalue weighted by Crippen LogP contribution is 2.10. The smallest absolute Gasteiger partial charge is 0.251 e. The molecule has 0 aliphatic carbocycles. The maximum absolute atomic E-state index is 11.0. The summed E-state index contributed by atoms with van der Waals surface area (Å²) in [6, 6.07) is 4.65. The van der Waals surface area contributed by atoms with Gasteiger partial charge in [0.2, 0.25) is 5.88 Å². The van der Waals surface area contributed by atoms with Crippen LogP contribution in [-0.2, 0) is 0 Å². The molecule has 2 aromatic heterocycles. The molecule has 15 heavy (non-hydrogen) atoms. The highest BCUT2D eigenvalue weighted by molar-refractivity contribution is 5.47. The average Bonchev–Trinajstić information content (AvgIpc) is 2.29. The Kier molecular flexibility index (Phi) is 2.40. The molecule has 0 bridgehead atoms. The fourth-order valence-electron chi connectivity index (χ4n) is 1.06. The van der Waals surface area contributed by atoms with Gasteiger partial charge in [0.05, 0.1) is 7.11 Å². The Labute approximate surface area is 85.0 Å². The zero-order valence-electron chi connectivity index (χ0n) is 7.97. The van der Waals surface area contributed by atoms with Gasteiger partial charge in [-0.2, -0.15) is 0 Å². The van der Waals surface area contributed by atoms with Crippen LogP contribution in [0.3, 0.4) is 0 Å². The lowest BCUT2D eigenvalue weighted by Crippen LogP contribution is -2.06. The van der Waals surface area contributed by atoms with Crippen molar-refractivity contribution in [1.82, 2.24) is 20.2 Å². The first kappa shape index (κ1) is 9.32. The summed E-state index contributed by atoms with van der Waals surface area (Å²) in [5.41, 5.74) is 0.270. The SMILES string of the molecule is COc1ccc(-c2nccc(=O)[nH]2)nn1. The van der Waals surface area contributed by atoms with E-state index in [0.29, 0.717) is 17.4 Å². The molecule has 0 atom stereocenters. The van der Waals surface area contributed by atoms with Crippen LogP contribution >= 0.6 is 0 Å². The molecule has 0 fully saturated rings. The van der Waals surface area contributed by atoms with Gasteiger partial charge in [-0.05, 0) is 6.07 Å². The van der Waals surface area contributed by atoms with Gasteiger partial charge in [0.15, 0.2) is 5.82 Å². The molecule has 6 nitrogen and oxygen atoms in total. The van der Waals surface area contributed by atoms with Crippen LogP contribution in [0.15, 0.2) is 29.2 Å². The molecule has 2 heterocycles. The molecule has 0 spiro atoms. The summed E-state index contributed by atoms with van der Waals surface area (Å²) >= 11 is 0. The van der Waals surface area contributed by atoms with Gasteiger partial charge in [0.1, 0.15) is 5.69 Å². The molecule has 0 aliphatic heterocycles. The number of hydrogen-bond donors (Lipinski definition) is 1. The van der Waals surface area contributed by atoms with E-state index >= 15 is 0 Å². The van der Waals surface area contributed by atoms with E-state index in [1.165, 1.54) is 19.4 Å². The minimum absolute atomic E-state index is 0.224. The highest BCUT2D eigenvalue weighted by Gasteiger charge is 2.02. The van der Waals surface area contributed by atoms with Crippen LogP contribution < -0.4 is 10.3 Å². The predicted molar refractivity (Wildman–Crippen MR) is 52.4 cm³/mol. The van der Waals surface area contributed by atoms with Crippen molar-refractivity contribution in [2.45, 2.75) is 0 Å². The first-order valence-electron chi connectivity index (χ1n) is 4.23. The summed E-state index contributed by atoms with van der Waals surface area (Å²) in [7, 11) is 1.51. The molecule has 0 amide bonds. The number of hydrogen-bond acceptors (Lipinski definition) is 5. The maximum atomic E-state index is 11.0. The summed E-state index contributed by atoms with van der Waals surface area (Å²) in [5.74, 6) is 0.801. The third kappa shape index (κ3) is 1.98. The van der Waals surface area contributed by atoms with Gasteiger partial charge in [-0.25, -0.2) is 4.98 Å². The molecule has 0 saturated heterocycles. The molecule has 0 unspecified atom stereocenters. The fourth-order valence-corrected chi connectivity index (χ4v) is 1.06. The number of ether oxygens (including phenoxy) is 1. The van der Waals surface area contributed by atoms with Crippen LogP contribution in [0, 0.1) is 0 Å². The van der Waals surface area contributed by atoms with Gasteiger partial charge in [-0.15, -0.1) is 10.2 Å². The number of aromatic nitrogens is 4. The quantitative estimate of drug-likeness (QED) is 0.757. The lowest BCUT2D eigenvalue weighted by molar-refractivity contribution is 0.392.